The predicted octanol–water partition coefficient (Wildman–Crippen LogP) is 3.67. The molecule has 0 amide bonds. The number of alkyl halides is 2. The molecule has 82 valence electrons. The van der Waals surface area contributed by atoms with Gasteiger partial charge in [-0.15, -0.1) is 11.3 Å². The second-order valence-corrected chi connectivity index (χ2v) is 4.92. The van der Waals surface area contributed by atoms with Crippen molar-refractivity contribution in [3.8, 4) is 0 Å². The molecule has 0 saturated heterocycles. The highest BCUT2D eigenvalue weighted by molar-refractivity contribution is 7.12. The van der Waals surface area contributed by atoms with Crippen molar-refractivity contribution in [2.45, 2.75) is 32.1 Å². The second kappa shape index (κ2) is 3.67. The SMILES string of the molecule is Cc1ccsc1C(=O)C1CCCC1(F)F. The van der Waals surface area contributed by atoms with Gasteiger partial charge in [-0.25, -0.2) is 8.78 Å². The molecule has 1 heterocycles. The second-order valence-electron chi connectivity index (χ2n) is 4.00. The van der Waals surface area contributed by atoms with E-state index >= 15 is 0 Å². The van der Waals surface area contributed by atoms with Gasteiger partial charge in [0, 0.05) is 6.42 Å². The van der Waals surface area contributed by atoms with Crippen molar-refractivity contribution in [3.05, 3.63) is 21.9 Å². The number of hydrogen-bond acceptors (Lipinski definition) is 2. The average molecular weight is 230 g/mol. The summed E-state index contributed by atoms with van der Waals surface area (Å²) in [5.41, 5.74) is 0.813. The van der Waals surface area contributed by atoms with Gasteiger partial charge in [0.05, 0.1) is 10.8 Å². The molecule has 1 saturated carbocycles. The summed E-state index contributed by atoms with van der Waals surface area (Å²) in [5.74, 6) is -4.26. The van der Waals surface area contributed by atoms with Crippen LogP contribution >= 0.6 is 11.3 Å². The Labute approximate surface area is 91.1 Å². The molecule has 0 aliphatic heterocycles. The fourth-order valence-electron chi connectivity index (χ4n) is 2.03. The molecule has 1 aliphatic carbocycles. The molecule has 0 radical (unpaired) electrons. The Morgan fingerprint density at radius 2 is 2.33 bits per heavy atom. The van der Waals surface area contributed by atoms with Crippen LogP contribution in [0.1, 0.15) is 34.5 Å². The number of aryl methyl sites for hydroxylation is 1. The number of hydrogen-bond donors (Lipinski definition) is 0. The molecule has 1 nitrogen and oxygen atoms in total. The smallest absolute Gasteiger partial charge is 0.258 e. The van der Waals surface area contributed by atoms with Crippen LogP contribution in [0.25, 0.3) is 0 Å². The lowest BCUT2D eigenvalue weighted by atomic mass is 9.97. The van der Waals surface area contributed by atoms with Crippen LogP contribution < -0.4 is 0 Å². The van der Waals surface area contributed by atoms with Gasteiger partial charge in [0.25, 0.3) is 5.92 Å². The van der Waals surface area contributed by atoms with E-state index in [9.17, 15) is 13.6 Å². The Bertz CT molecular complexity index is 384. The molecule has 2 rings (SSSR count). The van der Waals surface area contributed by atoms with Crippen molar-refractivity contribution < 1.29 is 13.6 Å². The maximum Gasteiger partial charge on any atom is 0.258 e. The van der Waals surface area contributed by atoms with Crippen LogP contribution in [0.4, 0.5) is 8.78 Å². The quantitative estimate of drug-likeness (QED) is 0.708. The minimum Gasteiger partial charge on any atom is -0.293 e. The molecule has 4 heteroatoms. The maximum atomic E-state index is 13.4. The molecule has 0 spiro atoms. The largest absolute Gasteiger partial charge is 0.293 e. The van der Waals surface area contributed by atoms with Gasteiger partial charge in [-0.3, -0.25) is 4.79 Å². The van der Waals surface area contributed by atoms with Crippen molar-refractivity contribution in [1.82, 2.24) is 0 Å². The summed E-state index contributed by atoms with van der Waals surface area (Å²) in [7, 11) is 0. The molecule has 1 atom stereocenters. The van der Waals surface area contributed by atoms with Crippen molar-refractivity contribution in [2.75, 3.05) is 0 Å². The Balaban J connectivity index is 2.26. The van der Waals surface area contributed by atoms with Crippen LogP contribution in [-0.2, 0) is 0 Å². The van der Waals surface area contributed by atoms with E-state index in [-0.39, 0.29) is 12.2 Å². The number of ketones is 1. The van der Waals surface area contributed by atoms with E-state index in [1.165, 1.54) is 11.3 Å². The number of rotatable bonds is 2. The van der Waals surface area contributed by atoms with Crippen molar-refractivity contribution in [2.24, 2.45) is 5.92 Å². The molecular weight excluding hydrogens is 218 g/mol. The van der Waals surface area contributed by atoms with Crippen molar-refractivity contribution in [3.63, 3.8) is 0 Å². The van der Waals surface area contributed by atoms with E-state index in [2.05, 4.69) is 0 Å². The number of thiophene rings is 1. The van der Waals surface area contributed by atoms with E-state index in [0.717, 1.165) is 5.56 Å². The summed E-state index contributed by atoms with van der Waals surface area (Å²) in [5, 5.41) is 1.77. The van der Waals surface area contributed by atoms with Crippen LogP contribution in [0, 0.1) is 12.8 Å². The third-order valence-corrected chi connectivity index (χ3v) is 3.95. The molecule has 1 fully saturated rings. The molecule has 1 aromatic rings. The Hall–Kier alpha value is -0.770. The molecular formula is C11H12F2OS. The maximum absolute atomic E-state index is 13.4. The lowest BCUT2D eigenvalue weighted by Gasteiger charge is -2.17. The van der Waals surface area contributed by atoms with Crippen LogP contribution in [0.3, 0.4) is 0 Å². The summed E-state index contributed by atoms with van der Waals surface area (Å²) in [4.78, 5) is 12.4. The monoisotopic (exact) mass is 230 g/mol. The molecule has 1 unspecified atom stereocenters. The van der Waals surface area contributed by atoms with Gasteiger partial charge in [0.15, 0.2) is 5.78 Å². The Morgan fingerprint density at radius 1 is 1.60 bits per heavy atom. The average Bonchev–Trinajstić information content (AvgIpc) is 2.70. The number of carbonyl (C=O) groups excluding carboxylic acids is 1. The standard InChI is InChI=1S/C11H12F2OS/c1-7-4-6-15-10(7)9(14)8-3-2-5-11(8,12)13/h4,6,8H,2-3,5H2,1H3. The van der Waals surface area contributed by atoms with Gasteiger partial charge in [0.2, 0.25) is 0 Å². The number of Topliss-reactive ketones (excluding diaryl/α,β-unsaturated/α-hetero) is 1. The third kappa shape index (κ3) is 1.83. The summed E-state index contributed by atoms with van der Waals surface area (Å²) in [6.07, 6.45) is 0.630. The summed E-state index contributed by atoms with van der Waals surface area (Å²) in [6, 6.07) is 1.80. The highest BCUT2D eigenvalue weighted by atomic mass is 32.1. The van der Waals surface area contributed by atoms with E-state index in [1.807, 2.05) is 0 Å². The number of carbonyl (C=O) groups is 1. The molecule has 1 aromatic heterocycles. The van der Waals surface area contributed by atoms with Gasteiger partial charge < -0.3 is 0 Å². The van der Waals surface area contributed by atoms with Gasteiger partial charge in [0.1, 0.15) is 0 Å². The first kappa shape index (κ1) is 10.7. The Morgan fingerprint density at radius 3 is 2.80 bits per heavy atom. The van der Waals surface area contributed by atoms with Gasteiger partial charge in [-0.05, 0) is 36.8 Å². The molecule has 15 heavy (non-hydrogen) atoms. The molecule has 0 bridgehead atoms. The first-order valence-electron chi connectivity index (χ1n) is 4.98. The van der Waals surface area contributed by atoms with E-state index < -0.39 is 11.8 Å². The summed E-state index contributed by atoms with van der Waals surface area (Å²) >= 11 is 1.26. The number of halogens is 2. The molecule has 0 aromatic carbocycles. The topological polar surface area (TPSA) is 17.1 Å². The highest BCUT2D eigenvalue weighted by Gasteiger charge is 2.48. The van der Waals surface area contributed by atoms with Gasteiger partial charge in [-0.2, -0.15) is 0 Å². The van der Waals surface area contributed by atoms with Crippen LogP contribution in [0.2, 0.25) is 0 Å². The zero-order chi connectivity index (χ0) is 11.1. The summed E-state index contributed by atoms with van der Waals surface area (Å²) < 4.78 is 26.7. The van der Waals surface area contributed by atoms with Crippen molar-refractivity contribution >= 4 is 17.1 Å². The predicted molar refractivity (Wildman–Crippen MR) is 55.7 cm³/mol. The van der Waals surface area contributed by atoms with Gasteiger partial charge in [-0.1, -0.05) is 0 Å². The lowest BCUT2D eigenvalue weighted by molar-refractivity contribution is -0.0266. The van der Waals surface area contributed by atoms with Crippen LogP contribution in [-0.4, -0.2) is 11.7 Å². The van der Waals surface area contributed by atoms with E-state index in [4.69, 9.17) is 0 Å². The normalized spacial score (nSPS) is 24.3. The van der Waals surface area contributed by atoms with E-state index in [1.54, 1.807) is 18.4 Å². The van der Waals surface area contributed by atoms with Crippen LogP contribution in [0.5, 0.6) is 0 Å². The fraction of sp³-hybridized carbons (Fsp3) is 0.545. The van der Waals surface area contributed by atoms with Crippen LogP contribution in [0.15, 0.2) is 11.4 Å². The summed E-state index contributed by atoms with van der Waals surface area (Å²) in [6.45, 7) is 1.79. The lowest BCUT2D eigenvalue weighted by Crippen LogP contribution is -2.29. The minimum absolute atomic E-state index is 0.145. The first-order valence-corrected chi connectivity index (χ1v) is 5.86. The fourth-order valence-corrected chi connectivity index (χ4v) is 2.95. The zero-order valence-corrected chi connectivity index (χ0v) is 9.24. The minimum atomic E-state index is -2.80. The van der Waals surface area contributed by atoms with Gasteiger partial charge >= 0.3 is 0 Å². The molecule has 0 N–H and O–H groups in total. The molecule has 1 aliphatic rings. The first-order chi connectivity index (χ1) is 7.02. The van der Waals surface area contributed by atoms with Crippen molar-refractivity contribution in [1.29, 1.82) is 0 Å². The third-order valence-electron chi connectivity index (χ3n) is 2.92. The Kier molecular flexibility index (Phi) is 2.63. The highest BCUT2D eigenvalue weighted by Crippen LogP contribution is 2.42. The van der Waals surface area contributed by atoms with E-state index in [0.29, 0.717) is 17.7 Å². The zero-order valence-electron chi connectivity index (χ0n) is 8.43.